The zero-order chi connectivity index (χ0) is 8.97. The lowest BCUT2D eigenvalue weighted by atomic mass is 9.98. The van der Waals surface area contributed by atoms with Crippen LogP contribution in [-0.2, 0) is 0 Å². The first kappa shape index (κ1) is 10.0. The van der Waals surface area contributed by atoms with Gasteiger partial charge in [-0.2, -0.15) is 0 Å². The van der Waals surface area contributed by atoms with Crippen molar-refractivity contribution >= 4 is 0 Å². The van der Waals surface area contributed by atoms with E-state index < -0.39 is 0 Å². The van der Waals surface area contributed by atoms with E-state index in [9.17, 15) is 0 Å². The molecule has 1 heterocycles. The Morgan fingerprint density at radius 1 is 1.50 bits per heavy atom. The Bertz CT molecular complexity index is 123. The number of rotatable bonds is 3. The molecular formula is C10H22N2. The Morgan fingerprint density at radius 2 is 2.25 bits per heavy atom. The summed E-state index contributed by atoms with van der Waals surface area (Å²) in [6, 6.07) is 0.636. The van der Waals surface area contributed by atoms with Gasteiger partial charge < -0.3 is 10.2 Å². The summed E-state index contributed by atoms with van der Waals surface area (Å²) in [4.78, 5) is 2.44. The van der Waals surface area contributed by atoms with Gasteiger partial charge in [0.25, 0.3) is 0 Å². The van der Waals surface area contributed by atoms with Crippen LogP contribution in [0.5, 0.6) is 0 Å². The van der Waals surface area contributed by atoms with Crippen LogP contribution in [0.25, 0.3) is 0 Å². The summed E-state index contributed by atoms with van der Waals surface area (Å²) in [5.74, 6) is 0.881. The molecule has 0 radical (unpaired) electrons. The zero-order valence-electron chi connectivity index (χ0n) is 8.64. The zero-order valence-corrected chi connectivity index (χ0v) is 8.64. The highest BCUT2D eigenvalue weighted by atomic mass is 15.1. The van der Waals surface area contributed by atoms with Gasteiger partial charge in [-0.1, -0.05) is 13.8 Å². The van der Waals surface area contributed by atoms with E-state index in [0.717, 1.165) is 5.92 Å². The van der Waals surface area contributed by atoms with Crippen LogP contribution >= 0.6 is 0 Å². The van der Waals surface area contributed by atoms with Crippen LogP contribution in [-0.4, -0.2) is 37.6 Å². The maximum Gasteiger partial charge on any atom is 0.00187 e. The van der Waals surface area contributed by atoms with Gasteiger partial charge in [-0.3, -0.25) is 0 Å². The van der Waals surface area contributed by atoms with Gasteiger partial charge in [0.05, 0.1) is 0 Å². The minimum atomic E-state index is 0.636. The van der Waals surface area contributed by atoms with E-state index in [1.165, 1.54) is 32.5 Å². The van der Waals surface area contributed by atoms with E-state index in [1.54, 1.807) is 0 Å². The molecule has 1 aliphatic heterocycles. The van der Waals surface area contributed by atoms with Gasteiger partial charge in [0, 0.05) is 12.6 Å². The second kappa shape index (κ2) is 4.83. The summed E-state index contributed by atoms with van der Waals surface area (Å²) in [5.41, 5.74) is 0. The predicted molar refractivity (Wildman–Crippen MR) is 53.4 cm³/mol. The molecule has 1 N–H and O–H groups in total. The maximum atomic E-state index is 3.51. The minimum Gasteiger partial charge on any atom is -0.314 e. The molecule has 1 saturated heterocycles. The third-order valence-electron chi connectivity index (χ3n) is 2.54. The molecule has 1 unspecified atom stereocenters. The van der Waals surface area contributed by atoms with Gasteiger partial charge in [0.1, 0.15) is 0 Å². The molecule has 0 aromatic rings. The predicted octanol–water partition coefficient (Wildman–Crippen LogP) is 1.33. The van der Waals surface area contributed by atoms with Crippen molar-refractivity contribution in [3.05, 3.63) is 0 Å². The van der Waals surface area contributed by atoms with E-state index in [1.807, 2.05) is 0 Å². The smallest absolute Gasteiger partial charge is 0.00187 e. The SMILES string of the molecule is CC(C)NCC1CCCN(C)C1. The topological polar surface area (TPSA) is 15.3 Å². The van der Waals surface area contributed by atoms with Crippen molar-refractivity contribution in [3.8, 4) is 0 Å². The molecule has 2 heteroatoms. The lowest BCUT2D eigenvalue weighted by Crippen LogP contribution is -2.39. The molecule has 0 aromatic carbocycles. The number of nitrogens with one attached hydrogen (secondary N) is 1. The van der Waals surface area contributed by atoms with Gasteiger partial charge in [-0.15, -0.1) is 0 Å². The molecule has 0 aliphatic carbocycles. The highest BCUT2D eigenvalue weighted by molar-refractivity contribution is 4.72. The van der Waals surface area contributed by atoms with Crippen molar-refractivity contribution < 1.29 is 0 Å². The van der Waals surface area contributed by atoms with Gasteiger partial charge in [0.15, 0.2) is 0 Å². The summed E-state index contributed by atoms with van der Waals surface area (Å²) >= 11 is 0. The van der Waals surface area contributed by atoms with Crippen LogP contribution in [0.3, 0.4) is 0 Å². The molecule has 72 valence electrons. The van der Waals surface area contributed by atoms with E-state index in [2.05, 4.69) is 31.1 Å². The first-order valence-corrected chi connectivity index (χ1v) is 5.10. The Balaban J connectivity index is 2.14. The summed E-state index contributed by atoms with van der Waals surface area (Å²) in [6.45, 7) is 8.19. The highest BCUT2D eigenvalue weighted by Gasteiger charge is 2.16. The standard InChI is InChI=1S/C10H22N2/c1-9(2)11-7-10-5-4-6-12(3)8-10/h9-11H,4-8H2,1-3H3. The van der Waals surface area contributed by atoms with Gasteiger partial charge in [-0.25, -0.2) is 0 Å². The molecule has 12 heavy (non-hydrogen) atoms. The molecule has 0 spiro atoms. The molecule has 1 aliphatic rings. The summed E-state index contributed by atoms with van der Waals surface area (Å²) in [7, 11) is 2.22. The average Bonchev–Trinajstić information content (AvgIpc) is 2.01. The fraction of sp³-hybridized carbons (Fsp3) is 1.00. The van der Waals surface area contributed by atoms with Crippen LogP contribution in [0.4, 0.5) is 0 Å². The summed E-state index contributed by atoms with van der Waals surface area (Å²) < 4.78 is 0. The first-order valence-electron chi connectivity index (χ1n) is 5.10. The Morgan fingerprint density at radius 3 is 2.83 bits per heavy atom. The lowest BCUT2D eigenvalue weighted by Gasteiger charge is -2.30. The van der Waals surface area contributed by atoms with Crippen molar-refractivity contribution in [2.24, 2.45) is 5.92 Å². The van der Waals surface area contributed by atoms with Crippen molar-refractivity contribution in [1.82, 2.24) is 10.2 Å². The van der Waals surface area contributed by atoms with E-state index in [0.29, 0.717) is 6.04 Å². The van der Waals surface area contributed by atoms with Gasteiger partial charge in [-0.05, 0) is 38.9 Å². The molecule has 0 aromatic heterocycles. The van der Waals surface area contributed by atoms with Crippen molar-refractivity contribution in [1.29, 1.82) is 0 Å². The van der Waals surface area contributed by atoms with E-state index in [4.69, 9.17) is 0 Å². The second-order valence-electron chi connectivity index (χ2n) is 4.33. The second-order valence-corrected chi connectivity index (χ2v) is 4.33. The number of piperidine rings is 1. The molecule has 1 rings (SSSR count). The number of nitrogens with zero attached hydrogens (tertiary/aromatic N) is 1. The molecule has 1 fully saturated rings. The fourth-order valence-corrected chi connectivity index (χ4v) is 1.84. The number of hydrogen-bond donors (Lipinski definition) is 1. The normalized spacial score (nSPS) is 26.5. The highest BCUT2D eigenvalue weighted by Crippen LogP contribution is 2.13. The van der Waals surface area contributed by atoms with Crippen molar-refractivity contribution in [2.75, 3.05) is 26.7 Å². The van der Waals surface area contributed by atoms with Crippen LogP contribution in [0.1, 0.15) is 26.7 Å². The Hall–Kier alpha value is -0.0800. The van der Waals surface area contributed by atoms with E-state index >= 15 is 0 Å². The molecule has 0 amide bonds. The van der Waals surface area contributed by atoms with Crippen molar-refractivity contribution in [3.63, 3.8) is 0 Å². The number of likely N-dealkylation sites (tertiary alicyclic amines) is 1. The van der Waals surface area contributed by atoms with Gasteiger partial charge >= 0.3 is 0 Å². The molecule has 0 bridgehead atoms. The van der Waals surface area contributed by atoms with Gasteiger partial charge in [0.2, 0.25) is 0 Å². The van der Waals surface area contributed by atoms with Crippen LogP contribution in [0.15, 0.2) is 0 Å². The molecule has 1 atom stereocenters. The lowest BCUT2D eigenvalue weighted by molar-refractivity contribution is 0.204. The van der Waals surface area contributed by atoms with Crippen LogP contribution < -0.4 is 5.32 Å². The maximum absolute atomic E-state index is 3.51. The largest absolute Gasteiger partial charge is 0.314 e. The molecule has 0 saturated carbocycles. The third kappa shape index (κ3) is 3.55. The Labute approximate surface area is 76.3 Å². The number of hydrogen-bond acceptors (Lipinski definition) is 2. The van der Waals surface area contributed by atoms with Crippen LogP contribution in [0, 0.1) is 5.92 Å². The summed E-state index contributed by atoms with van der Waals surface area (Å²) in [6.07, 6.45) is 2.78. The first-order chi connectivity index (χ1) is 5.68. The monoisotopic (exact) mass is 170 g/mol. The van der Waals surface area contributed by atoms with Crippen LogP contribution in [0.2, 0.25) is 0 Å². The average molecular weight is 170 g/mol. The molecular weight excluding hydrogens is 148 g/mol. The Kier molecular flexibility index (Phi) is 4.02. The molecule has 2 nitrogen and oxygen atoms in total. The minimum absolute atomic E-state index is 0.636. The fourth-order valence-electron chi connectivity index (χ4n) is 1.84. The third-order valence-corrected chi connectivity index (χ3v) is 2.54. The summed E-state index contributed by atoms with van der Waals surface area (Å²) in [5, 5.41) is 3.51. The van der Waals surface area contributed by atoms with Crippen molar-refractivity contribution in [2.45, 2.75) is 32.7 Å². The van der Waals surface area contributed by atoms with E-state index in [-0.39, 0.29) is 0 Å². The quantitative estimate of drug-likeness (QED) is 0.687.